The Bertz CT molecular complexity index is 1180. The monoisotopic (exact) mass is 547 g/mol. The van der Waals surface area contributed by atoms with E-state index in [9.17, 15) is 18.4 Å². The first-order valence-electron chi connectivity index (χ1n) is 12.2. The second-order valence-corrected chi connectivity index (χ2v) is 11.5. The summed E-state index contributed by atoms with van der Waals surface area (Å²) < 4.78 is 27.1. The normalized spacial score (nSPS) is 11.9. The number of carbonyl (C=O) groups is 2. The average Bonchev–Trinajstić information content (AvgIpc) is 3.29. The molecule has 0 aliphatic carbocycles. The number of hydrogen-bond donors (Lipinski definition) is 2. The minimum atomic E-state index is -2.86. The van der Waals surface area contributed by atoms with Gasteiger partial charge >= 0.3 is 5.97 Å². The van der Waals surface area contributed by atoms with Gasteiger partial charge in [-0.1, -0.05) is 44.5 Å². The van der Waals surface area contributed by atoms with Crippen molar-refractivity contribution in [3.05, 3.63) is 75.0 Å². The molecule has 2 aromatic carbocycles. The van der Waals surface area contributed by atoms with Crippen molar-refractivity contribution >= 4 is 35.0 Å². The number of alkyl halides is 2. The van der Waals surface area contributed by atoms with Crippen LogP contribution in [0.15, 0.2) is 53.4 Å². The van der Waals surface area contributed by atoms with Gasteiger partial charge in [0.15, 0.2) is 0 Å². The summed E-state index contributed by atoms with van der Waals surface area (Å²) in [5.41, 5.74) is 4.08. The molecule has 0 saturated carbocycles. The van der Waals surface area contributed by atoms with Crippen LogP contribution in [-0.2, 0) is 10.7 Å². The number of carbonyl (C=O) groups excluding carboxylic acids is 1. The van der Waals surface area contributed by atoms with E-state index in [4.69, 9.17) is 5.11 Å². The number of benzene rings is 2. The maximum atomic E-state index is 13.5. The van der Waals surface area contributed by atoms with Crippen molar-refractivity contribution < 1.29 is 23.5 Å². The summed E-state index contributed by atoms with van der Waals surface area (Å²) in [6.07, 6.45) is 1.14. The van der Waals surface area contributed by atoms with E-state index in [1.807, 2.05) is 19.9 Å². The van der Waals surface area contributed by atoms with Crippen LogP contribution in [0, 0.1) is 13.8 Å². The Kier molecular flexibility index (Phi) is 11.3. The Hall–Kier alpha value is -2.71. The van der Waals surface area contributed by atoms with Crippen LogP contribution < -0.4 is 5.32 Å². The van der Waals surface area contributed by atoms with Crippen LogP contribution in [0.1, 0.15) is 77.0 Å². The van der Waals surface area contributed by atoms with Gasteiger partial charge in [-0.25, -0.2) is 8.78 Å². The van der Waals surface area contributed by atoms with E-state index < -0.39 is 11.9 Å². The zero-order valence-electron chi connectivity index (χ0n) is 22.2. The van der Waals surface area contributed by atoms with E-state index in [1.54, 1.807) is 30.0 Å². The van der Waals surface area contributed by atoms with E-state index in [0.29, 0.717) is 4.88 Å². The Morgan fingerprint density at radius 1 is 1.05 bits per heavy atom. The van der Waals surface area contributed by atoms with Crippen LogP contribution in [0.3, 0.4) is 0 Å². The summed E-state index contributed by atoms with van der Waals surface area (Å²) >= 11 is 3.08. The van der Waals surface area contributed by atoms with E-state index in [1.165, 1.54) is 29.9 Å². The minimum Gasteiger partial charge on any atom is -0.481 e. The highest BCUT2D eigenvalue weighted by Crippen LogP contribution is 2.41. The molecule has 8 heteroatoms. The summed E-state index contributed by atoms with van der Waals surface area (Å²) in [4.78, 5) is 25.5. The number of carboxylic acids is 1. The lowest BCUT2D eigenvalue weighted by molar-refractivity contribution is -0.136. The van der Waals surface area contributed by atoms with Crippen molar-refractivity contribution in [1.29, 1.82) is 0 Å². The molecule has 200 valence electrons. The maximum Gasteiger partial charge on any atom is 0.305 e. The first-order chi connectivity index (χ1) is 17.4. The average molecular weight is 548 g/mol. The molecule has 0 aliphatic heterocycles. The van der Waals surface area contributed by atoms with Crippen molar-refractivity contribution in [2.75, 3.05) is 6.54 Å². The van der Waals surface area contributed by atoms with Gasteiger partial charge in [-0.2, -0.15) is 0 Å². The third-order valence-electron chi connectivity index (χ3n) is 5.38. The van der Waals surface area contributed by atoms with E-state index in [0.717, 1.165) is 39.0 Å². The molecule has 0 saturated heterocycles. The molecule has 4 nitrogen and oxygen atoms in total. The standard InChI is InChI=1S/C26H27F2NO3S2.C3H8/c1-15-13-20(14-16(2)24(15)18-5-7-19(8-6-18)26(4,27)28)33-17(3)21-9-10-22(34-21)25(32)29-12-11-23(30)31;1-3-2/h5-10,13-14,17H,11-12H2,1-4H3,(H,29,32)(H,30,31);3H2,1-2H3. The highest BCUT2D eigenvalue weighted by Gasteiger charge is 2.24. The molecule has 1 aromatic heterocycles. The predicted octanol–water partition coefficient (Wildman–Crippen LogP) is 8.62. The number of amides is 1. The molecule has 37 heavy (non-hydrogen) atoms. The van der Waals surface area contributed by atoms with Gasteiger partial charge in [-0.05, 0) is 67.3 Å². The molecule has 0 radical (unpaired) electrons. The van der Waals surface area contributed by atoms with Crippen LogP contribution in [0.4, 0.5) is 8.78 Å². The molecular weight excluding hydrogens is 512 g/mol. The number of halogens is 2. The Balaban J connectivity index is 0.00000153. The van der Waals surface area contributed by atoms with Crippen molar-refractivity contribution in [3.63, 3.8) is 0 Å². The zero-order chi connectivity index (χ0) is 27.8. The third-order valence-corrected chi connectivity index (χ3v) is 7.91. The fourth-order valence-electron chi connectivity index (χ4n) is 3.70. The molecule has 1 heterocycles. The van der Waals surface area contributed by atoms with Gasteiger partial charge in [0.2, 0.25) is 0 Å². The number of thioether (sulfide) groups is 1. The molecule has 1 atom stereocenters. The summed E-state index contributed by atoms with van der Waals surface area (Å²) in [6.45, 7) is 11.4. The number of thiophene rings is 1. The first-order valence-corrected chi connectivity index (χ1v) is 13.9. The first kappa shape index (κ1) is 30.5. The Morgan fingerprint density at radius 3 is 2.14 bits per heavy atom. The number of hydrogen-bond acceptors (Lipinski definition) is 4. The van der Waals surface area contributed by atoms with E-state index >= 15 is 0 Å². The number of aliphatic carboxylic acids is 1. The molecule has 0 fully saturated rings. The van der Waals surface area contributed by atoms with Gasteiger partial charge < -0.3 is 10.4 Å². The van der Waals surface area contributed by atoms with Gasteiger partial charge in [0.1, 0.15) is 0 Å². The number of nitrogens with one attached hydrogen (secondary N) is 1. The lowest BCUT2D eigenvalue weighted by atomic mass is 9.94. The highest BCUT2D eigenvalue weighted by molar-refractivity contribution is 7.99. The molecule has 3 aromatic rings. The maximum absolute atomic E-state index is 13.5. The van der Waals surface area contributed by atoms with Crippen LogP contribution in [0.2, 0.25) is 0 Å². The summed E-state index contributed by atoms with van der Waals surface area (Å²) in [5.74, 6) is -4.08. The van der Waals surface area contributed by atoms with Gasteiger partial charge in [-0.15, -0.1) is 23.1 Å². The molecular formula is C29H35F2NO3S2. The molecule has 2 N–H and O–H groups in total. The Morgan fingerprint density at radius 2 is 1.62 bits per heavy atom. The van der Waals surface area contributed by atoms with Gasteiger partial charge in [0, 0.05) is 34.1 Å². The molecule has 0 spiro atoms. The lowest BCUT2D eigenvalue weighted by Crippen LogP contribution is -2.25. The van der Waals surface area contributed by atoms with E-state index in [2.05, 4.69) is 38.2 Å². The second-order valence-electron chi connectivity index (χ2n) is 8.97. The van der Waals surface area contributed by atoms with Crippen LogP contribution in [0.25, 0.3) is 11.1 Å². The second kappa shape index (κ2) is 13.7. The van der Waals surface area contributed by atoms with Crippen molar-refractivity contribution in [2.45, 2.75) is 70.5 Å². The molecule has 0 bridgehead atoms. The fraction of sp³-hybridized carbons (Fsp3) is 0.379. The summed E-state index contributed by atoms with van der Waals surface area (Å²) in [6, 6.07) is 14.3. The molecule has 1 unspecified atom stereocenters. The topological polar surface area (TPSA) is 66.4 Å². The predicted molar refractivity (Wildman–Crippen MR) is 150 cm³/mol. The SMILES string of the molecule is CCC.Cc1cc(SC(C)c2ccc(C(=O)NCCC(=O)O)s2)cc(C)c1-c1ccc(C(C)(F)F)cc1. The number of carboxylic acid groups (broad SMARTS) is 1. The minimum absolute atomic E-state index is 0.00144. The largest absolute Gasteiger partial charge is 0.481 e. The fourth-order valence-corrected chi connectivity index (χ4v) is 5.94. The molecule has 3 rings (SSSR count). The van der Waals surface area contributed by atoms with Crippen molar-refractivity contribution in [1.82, 2.24) is 5.32 Å². The Labute approximate surface area is 226 Å². The summed E-state index contributed by atoms with van der Waals surface area (Å²) in [7, 11) is 0. The quantitative estimate of drug-likeness (QED) is 0.263. The van der Waals surface area contributed by atoms with Crippen LogP contribution in [-0.4, -0.2) is 23.5 Å². The lowest BCUT2D eigenvalue weighted by Gasteiger charge is -2.16. The zero-order valence-corrected chi connectivity index (χ0v) is 23.8. The van der Waals surface area contributed by atoms with Gasteiger partial charge in [-0.3, -0.25) is 9.59 Å². The highest BCUT2D eigenvalue weighted by atomic mass is 32.2. The number of rotatable bonds is 9. The van der Waals surface area contributed by atoms with Gasteiger partial charge in [0.05, 0.1) is 11.3 Å². The van der Waals surface area contributed by atoms with Crippen LogP contribution >= 0.6 is 23.1 Å². The third kappa shape index (κ3) is 8.97. The summed E-state index contributed by atoms with van der Waals surface area (Å²) in [5, 5.41) is 11.4. The molecule has 1 amide bonds. The number of aryl methyl sites for hydroxylation is 2. The van der Waals surface area contributed by atoms with Crippen molar-refractivity contribution in [2.24, 2.45) is 0 Å². The van der Waals surface area contributed by atoms with Crippen LogP contribution in [0.5, 0.6) is 0 Å². The van der Waals surface area contributed by atoms with Crippen molar-refractivity contribution in [3.8, 4) is 11.1 Å². The smallest absolute Gasteiger partial charge is 0.305 e. The van der Waals surface area contributed by atoms with E-state index in [-0.39, 0.29) is 29.7 Å². The van der Waals surface area contributed by atoms with Gasteiger partial charge in [0.25, 0.3) is 11.8 Å². The molecule has 0 aliphatic rings.